The number of imidazole rings is 1. The Morgan fingerprint density at radius 1 is 1.09 bits per heavy atom. The van der Waals surface area contributed by atoms with Crippen LogP contribution in [0.15, 0.2) is 30.5 Å². The van der Waals surface area contributed by atoms with E-state index in [-0.39, 0.29) is 11.5 Å². The van der Waals surface area contributed by atoms with E-state index in [0.717, 1.165) is 93.8 Å². The van der Waals surface area contributed by atoms with Gasteiger partial charge in [0.15, 0.2) is 5.65 Å². The molecule has 3 aromatic heterocycles. The monoisotopic (exact) mass is 476 g/mol. The standard InChI is InChI=1S/C26H32N6O3/c27-20-3-2-19-23(30-20)31-22(29-19)17-1-4-21(28-15-17)32-13-5-18(6-14-32)35-16-25-7-10-26(11-8-25,12-9-25)24(33)34/h1-4,15,18H,5-14,16H2,(H,33,34)(H3,27,29,30,31). The van der Waals surface area contributed by atoms with Crippen molar-refractivity contribution in [2.45, 2.75) is 57.5 Å². The molecule has 184 valence electrons. The summed E-state index contributed by atoms with van der Waals surface area (Å²) in [5.74, 6) is 1.56. The number of nitrogens with zero attached hydrogens (tertiary/aromatic N) is 4. The van der Waals surface area contributed by atoms with Crippen molar-refractivity contribution in [2.75, 3.05) is 30.3 Å². The summed E-state index contributed by atoms with van der Waals surface area (Å²) in [6.45, 7) is 2.61. The number of nitrogens with two attached hydrogens (primary N) is 1. The zero-order valence-electron chi connectivity index (χ0n) is 19.9. The van der Waals surface area contributed by atoms with E-state index in [2.05, 4.69) is 19.9 Å². The molecule has 35 heavy (non-hydrogen) atoms. The summed E-state index contributed by atoms with van der Waals surface area (Å²) < 4.78 is 6.41. The third kappa shape index (κ3) is 4.11. The van der Waals surface area contributed by atoms with Crippen molar-refractivity contribution in [3.8, 4) is 11.4 Å². The lowest BCUT2D eigenvalue weighted by Crippen LogP contribution is -2.48. The molecule has 1 aliphatic heterocycles. The molecule has 1 saturated heterocycles. The van der Waals surface area contributed by atoms with Crippen LogP contribution in [0, 0.1) is 10.8 Å². The summed E-state index contributed by atoms with van der Waals surface area (Å²) in [6, 6.07) is 7.68. The van der Waals surface area contributed by atoms with Gasteiger partial charge in [0.05, 0.1) is 18.1 Å². The first-order chi connectivity index (χ1) is 16.9. The number of aromatic amines is 1. The van der Waals surface area contributed by atoms with Gasteiger partial charge in [0.2, 0.25) is 0 Å². The van der Waals surface area contributed by atoms with Gasteiger partial charge in [-0.05, 0) is 81.0 Å². The van der Waals surface area contributed by atoms with E-state index in [4.69, 9.17) is 15.5 Å². The Morgan fingerprint density at radius 2 is 1.83 bits per heavy atom. The normalized spacial score (nSPS) is 26.9. The highest BCUT2D eigenvalue weighted by Crippen LogP contribution is 2.57. The van der Waals surface area contributed by atoms with Gasteiger partial charge in [-0.1, -0.05) is 0 Å². The third-order valence-corrected chi connectivity index (χ3v) is 8.63. The summed E-state index contributed by atoms with van der Waals surface area (Å²) in [5, 5.41) is 9.61. The third-order valence-electron chi connectivity index (χ3n) is 8.63. The minimum Gasteiger partial charge on any atom is -0.481 e. The van der Waals surface area contributed by atoms with Gasteiger partial charge in [-0.3, -0.25) is 4.79 Å². The molecule has 4 heterocycles. The molecule has 4 N–H and O–H groups in total. The number of carboxylic acid groups (broad SMARTS) is 1. The minimum absolute atomic E-state index is 0.198. The largest absolute Gasteiger partial charge is 0.481 e. The average molecular weight is 477 g/mol. The number of fused-ring (bicyclic) bond motifs is 4. The van der Waals surface area contributed by atoms with Crippen LogP contribution in [0.5, 0.6) is 0 Å². The molecule has 4 fully saturated rings. The summed E-state index contributed by atoms with van der Waals surface area (Å²) in [5.41, 5.74) is 7.88. The van der Waals surface area contributed by atoms with Gasteiger partial charge >= 0.3 is 5.97 Å². The number of ether oxygens (including phenoxy) is 1. The van der Waals surface area contributed by atoms with Gasteiger partial charge < -0.3 is 25.5 Å². The number of anilines is 2. The zero-order valence-corrected chi connectivity index (χ0v) is 19.9. The van der Waals surface area contributed by atoms with Crippen LogP contribution in [0.2, 0.25) is 0 Å². The number of hydrogen-bond donors (Lipinski definition) is 3. The molecule has 0 amide bonds. The Morgan fingerprint density at radius 3 is 2.49 bits per heavy atom. The van der Waals surface area contributed by atoms with E-state index in [1.807, 2.05) is 24.4 Å². The Bertz CT molecular complexity index is 1210. The number of aromatic nitrogens is 4. The van der Waals surface area contributed by atoms with E-state index in [1.165, 1.54) is 0 Å². The van der Waals surface area contributed by atoms with Gasteiger partial charge in [-0.15, -0.1) is 0 Å². The second kappa shape index (κ2) is 8.48. The van der Waals surface area contributed by atoms with Crippen LogP contribution in [0.25, 0.3) is 22.6 Å². The maximum atomic E-state index is 11.7. The molecule has 0 atom stereocenters. The fraction of sp³-hybridized carbons (Fsp3) is 0.538. The number of H-pyrrole nitrogens is 1. The molecule has 7 rings (SSSR count). The summed E-state index contributed by atoms with van der Waals surface area (Å²) in [7, 11) is 0. The number of carbonyl (C=O) groups is 1. The van der Waals surface area contributed by atoms with Crippen molar-refractivity contribution in [3.63, 3.8) is 0 Å². The quantitative estimate of drug-likeness (QED) is 0.486. The SMILES string of the molecule is Nc1ccc2nc(-c3ccc(N4CCC(OCC56CCC(C(=O)O)(CC5)CC6)CC4)nc3)[nH]c2n1. The minimum atomic E-state index is -0.597. The van der Waals surface area contributed by atoms with E-state index in [1.54, 1.807) is 6.07 Å². The second-order valence-electron chi connectivity index (χ2n) is 10.7. The number of carboxylic acids is 1. The number of pyridine rings is 2. The van der Waals surface area contributed by atoms with E-state index in [9.17, 15) is 9.90 Å². The topological polar surface area (TPSA) is 130 Å². The highest BCUT2D eigenvalue weighted by Gasteiger charge is 2.52. The molecular formula is C26H32N6O3. The predicted molar refractivity (Wildman–Crippen MR) is 133 cm³/mol. The molecule has 0 aromatic carbocycles. The first-order valence-electron chi connectivity index (χ1n) is 12.6. The predicted octanol–water partition coefficient (Wildman–Crippen LogP) is 4.01. The lowest BCUT2D eigenvalue weighted by molar-refractivity contribution is -0.162. The van der Waals surface area contributed by atoms with Crippen molar-refractivity contribution >= 4 is 28.8 Å². The molecule has 0 spiro atoms. The van der Waals surface area contributed by atoms with Crippen LogP contribution >= 0.6 is 0 Å². The first-order valence-corrected chi connectivity index (χ1v) is 12.6. The summed E-state index contributed by atoms with van der Waals surface area (Å²) >= 11 is 0. The van der Waals surface area contributed by atoms with Gasteiger partial charge in [0, 0.05) is 24.8 Å². The number of hydrogen-bond acceptors (Lipinski definition) is 7. The van der Waals surface area contributed by atoms with Crippen LogP contribution < -0.4 is 10.6 Å². The fourth-order valence-electron chi connectivity index (χ4n) is 6.11. The smallest absolute Gasteiger partial charge is 0.309 e. The molecule has 0 radical (unpaired) electrons. The average Bonchev–Trinajstić information content (AvgIpc) is 3.32. The Hall–Kier alpha value is -3.20. The van der Waals surface area contributed by atoms with E-state index in [0.29, 0.717) is 11.5 Å². The molecule has 3 aromatic rings. The number of nitrogens with one attached hydrogen (secondary N) is 1. The highest BCUT2D eigenvalue weighted by atomic mass is 16.5. The van der Waals surface area contributed by atoms with Crippen molar-refractivity contribution in [3.05, 3.63) is 30.5 Å². The van der Waals surface area contributed by atoms with Crippen molar-refractivity contribution in [1.29, 1.82) is 0 Å². The van der Waals surface area contributed by atoms with Gasteiger partial charge in [-0.2, -0.15) is 0 Å². The number of rotatable bonds is 6. The van der Waals surface area contributed by atoms with Gasteiger partial charge in [-0.25, -0.2) is 15.0 Å². The lowest BCUT2D eigenvalue weighted by atomic mass is 9.54. The fourth-order valence-corrected chi connectivity index (χ4v) is 6.11. The summed E-state index contributed by atoms with van der Waals surface area (Å²) in [4.78, 5) is 30.8. The first kappa shape index (κ1) is 22.3. The van der Waals surface area contributed by atoms with Crippen LogP contribution in [-0.4, -0.2) is 56.8 Å². The van der Waals surface area contributed by atoms with Crippen molar-refractivity contribution in [2.24, 2.45) is 10.8 Å². The van der Waals surface area contributed by atoms with Crippen LogP contribution in [-0.2, 0) is 9.53 Å². The lowest BCUT2D eigenvalue weighted by Gasteiger charge is -2.51. The van der Waals surface area contributed by atoms with Crippen molar-refractivity contribution < 1.29 is 14.6 Å². The number of piperidine rings is 1. The maximum Gasteiger partial charge on any atom is 0.309 e. The van der Waals surface area contributed by atoms with E-state index >= 15 is 0 Å². The molecular weight excluding hydrogens is 444 g/mol. The number of nitrogen functional groups attached to an aromatic ring is 1. The molecule has 4 aliphatic rings. The van der Waals surface area contributed by atoms with Crippen LogP contribution in [0.4, 0.5) is 11.6 Å². The zero-order chi connectivity index (χ0) is 24.0. The highest BCUT2D eigenvalue weighted by molar-refractivity contribution is 5.77. The maximum absolute atomic E-state index is 11.7. The van der Waals surface area contributed by atoms with Crippen LogP contribution in [0.1, 0.15) is 51.4 Å². The Balaban J connectivity index is 1.02. The molecule has 9 nitrogen and oxygen atoms in total. The Labute approximate surface area is 204 Å². The van der Waals surface area contributed by atoms with E-state index < -0.39 is 11.4 Å². The Kier molecular flexibility index (Phi) is 5.40. The van der Waals surface area contributed by atoms with Crippen molar-refractivity contribution in [1.82, 2.24) is 19.9 Å². The molecule has 3 saturated carbocycles. The molecule has 0 unspecified atom stereocenters. The van der Waals surface area contributed by atoms with Gasteiger partial charge in [0.1, 0.15) is 23.0 Å². The molecule has 3 aliphatic carbocycles. The second-order valence-corrected chi connectivity index (χ2v) is 10.7. The summed E-state index contributed by atoms with van der Waals surface area (Å²) in [6.07, 6.45) is 9.48. The molecule has 9 heteroatoms. The van der Waals surface area contributed by atoms with Gasteiger partial charge in [0.25, 0.3) is 0 Å². The van der Waals surface area contributed by atoms with Crippen LogP contribution in [0.3, 0.4) is 0 Å². The number of aliphatic carboxylic acids is 1. The molecule has 2 bridgehead atoms.